The summed E-state index contributed by atoms with van der Waals surface area (Å²) in [6.45, 7) is 4.21. The molecule has 1 aliphatic rings. The Hall–Kier alpha value is -2.86. The van der Waals surface area contributed by atoms with Crippen molar-refractivity contribution in [3.63, 3.8) is 0 Å². The first-order valence-electron chi connectivity index (χ1n) is 9.46. The number of aliphatic carboxylic acids is 1. The van der Waals surface area contributed by atoms with Crippen LogP contribution in [0.4, 0.5) is 5.69 Å². The molecule has 0 radical (unpaired) electrons. The Bertz CT molecular complexity index is 857. The number of methoxy groups -OCH3 is 1. The van der Waals surface area contributed by atoms with Crippen molar-refractivity contribution in [3.05, 3.63) is 59.2 Å². The maximum Gasteiger partial charge on any atom is 0.306 e. The van der Waals surface area contributed by atoms with Crippen LogP contribution < -0.4 is 10.1 Å². The predicted molar refractivity (Wildman–Crippen MR) is 108 cm³/mol. The summed E-state index contributed by atoms with van der Waals surface area (Å²) >= 11 is 0. The number of rotatable bonds is 6. The SMILES string of the molecule is COc1ccc(C(=O)Nc2cccc(CN3CCC(C(=O)O)CC3)c2)cc1C. The zero-order valence-electron chi connectivity index (χ0n) is 16.3. The van der Waals surface area contributed by atoms with E-state index in [2.05, 4.69) is 10.2 Å². The van der Waals surface area contributed by atoms with Crippen LogP contribution in [-0.2, 0) is 11.3 Å². The Morgan fingerprint density at radius 3 is 2.57 bits per heavy atom. The first kappa shape index (κ1) is 19.9. The standard InChI is InChI=1S/C22H26N2O4/c1-15-12-18(6-7-20(15)28-2)21(25)23-19-5-3-4-16(13-19)14-24-10-8-17(9-11-24)22(26)27/h3-7,12-13,17H,8-11,14H2,1-2H3,(H,23,25)(H,26,27). The Morgan fingerprint density at radius 2 is 1.93 bits per heavy atom. The van der Waals surface area contributed by atoms with E-state index in [-0.39, 0.29) is 11.8 Å². The predicted octanol–water partition coefficient (Wildman–Crippen LogP) is 3.55. The molecule has 6 heteroatoms. The third-order valence-corrected chi connectivity index (χ3v) is 5.18. The second-order valence-corrected chi connectivity index (χ2v) is 7.23. The van der Waals surface area contributed by atoms with Crippen LogP contribution in [0.2, 0.25) is 0 Å². The second-order valence-electron chi connectivity index (χ2n) is 7.23. The molecular formula is C22H26N2O4. The third kappa shape index (κ3) is 4.89. The fourth-order valence-electron chi connectivity index (χ4n) is 3.57. The monoisotopic (exact) mass is 382 g/mol. The van der Waals surface area contributed by atoms with Crippen LogP contribution in [0.25, 0.3) is 0 Å². The number of hydrogen-bond acceptors (Lipinski definition) is 4. The number of nitrogens with one attached hydrogen (secondary N) is 1. The highest BCUT2D eigenvalue weighted by Crippen LogP contribution is 2.22. The van der Waals surface area contributed by atoms with Crippen LogP contribution in [0.3, 0.4) is 0 Å². The normalized spacial score (nSPS) is 15.2. The minimum atomic E-state index is -0.696. The summed E-state index contributed by atoms with van der Waals surface area (Å²) in [6, 6.07) is 13.1. The molecule has 0 aromatic heterocycles. The topological polar surface area (TPSA) is 78.9 Å². The van der Waals surface area contributed by atoms with Gasteiger partial charge in [-0.15, -0.1) is 0 Å². The van der Waals surface area contributed by atoms with Gasteiger partial charge in [0.2, 0.25) is 0 Å². The van der Waals surface area contributed by atoms with E-state index in [1.54, 1.807) is 19.2 Å². The number of carbonyl (C=O) groups is 2. The van der Waals surface area contributed by atoms with Crippen LogP contribution in [0, 0.1) is 12.8 Å². The van der Waals surface area contributed by atoms with E-state index in [0.29, 0.717) is 18.4 Å². The van der Waals surface area contributed by atoms with Gasteiger partial charge >= 0.3 is 5.97 Å². The molecule has 1 heterocycles. The van der Waals surface area contributed by atoms with Crippen molar-refractivity contribution in [1.82, 2.24) is 4.90 Å². The quantitative estimate of drug-likeness (QED) is 0.799. The van der Waals surface area contributed by atoms with Gasteiger partial charge in [0, 0.05) is 17.8 Å². The van der Waals surface area contributed by atoms with Gasteiger partial charge in [-0.2, -0.15) is 0 Å². The summed E-state index contributed by atoms with van der Waals surface area (Å²) in [5, 5.41) is 12.1. The highest BCUT2D eigenvalue weighted by atomic mass is 16.5. The lowest BCUT2D eigenvalue weighted by molar-refractivity contribution is -0.143. The number of nitrogens with zero attached hydrogens (tertiary/aromatic N) is 1. The number of likely N-dealkylation sites (tertiary alicyclic amines) is 1. The number of amides is 1. The minimum absolute atomic E-state index is 0.162. The number of piperidine rings is 1. The lowest BCUT2D eigenvalue weighted by Crippen LogP contribution is -2.35. The van der Waals surface area contributed by atoms with Crippen molar-refractivity contribution >= 4 is 17.6 Å². The number of hydrogen-bond donors (Lipinski definition) is 2. The Morgan fingerprint density at radius 1 is 1.18 bits per heavy atom. The average Bonchev–Trinajstić information content (AvgIpc) is 2.68. The molecule has 1 aliphatic heterocycles. The number of carboxylic acids is 1. The van der Waals surface area contributed by atoms with Crippen molar-refractivity contribution in [2.45, 2.75) is 26.3 Å². The van der Waals surface area contributed by atoms with Crippen LogP contribution in [0.15, 0.2) is 42.5 Å². The summed E-state index contributed by atoms with van der Waals surface area (Å²) in [5.74, 6) is -0.330. The maximum atomic E-state index is 12.5. The van der Waals surface area contributed by atoms with Gasteiger partial charge < -0.3 is 15.2 Å². The van der Waals surface area contributed by atoms with Crippen molar-refractivity contribution in [2.24, 2.45) is 5.92 Å². The van der Waals surface area contributed by atoms with Crippen molar-refractivity contribution < 1.29 is 19.4 Å². The molecule has 0 unspecified atom stereocenters. The van der Waals surface area contributed by atoms with Gasteiger partial charge in [-0.3, -0.25) is 14.5 Å². The molecule has 1 amide bonds. The number of benzene rings is 2. The van der Waals surface area contributed by atoms with Gasteiger partial charge in [0.15, 0.2) is 0 Å². The highest BCUT2D eigenvalue weighted by molar-refractivity contribution is 6.04. The van der Waals surface area contributed by atoms with Gasteiger partial charge in [-0.1, -0.05) is 12.1 Å². The van der Waals surface area contributed by atoms with Gasteiger partial charge in [-0.05, 0) is 74.3 Å². The molecule has 28 heavy (non-hydrogen) atoms. The molecule has 0 bridgehead atoms. The van der Waals surface area contributed by atoms with Crippen LogP contribution in [0.1, 0.15) is 34.3 Å². The Labute approximate surface area is 165 Å². The Balaban J connectivity index is 1.61. The van der Waals surface area contributed by atoms with Crippen LogP contribution in [0.5, 0.6) is 5.75 Å². The lowest BCUT2D eigenvalue weighted by Gasteiger charge is -2.30. The zero-order chi connectivity index (χ0) is 20.1. The molecule has 2 N–H and O–H groups in total. The molecule has 2 aromatic carbocycles. The molecule has 2 aromatic rings. The van der Waals surface area contributed by atoms with Crippen molar-refractivity contribution in [2.75, 3.05) is 25.5 Å². The van der Waals surface area contributed by atoms with E-state index in [4.69, 9.17) is 9.84 Å². The molecule has 0 saturated carbocycles. The van der Waals surface area contributed by atoms with Crippen LogP contribution in [-0.4, -0.2) is 42.1 Å². The first-order chi connectivity index (χ1) is 13.5. The molecule has 6 nitrogen and oxygen atoms in total. The number of aryl methyl sites for hydroxylation is 1. The summed E-state index contributed by atoms with van der Waals surface area (Å²) in [7, 11) is 1.61. The number of carbonyl (C=O) groups excluding carboxylic acids is 1. The fraction of sp³-hybridized carbons (Fsp3) is 0.364. The second kappa shape index (κ2) is 8.89. The summed E-state index contributed by atoms with van der Waals surface area (Å²) in [6.07, 6.45) is 1.37. The van der Waals surface area contributed by atoms with E-state index in [9.17, 15) is 9.59 Å². The van der Waals surface area contributed by atoms with E-state index in [1.807, 2.05) is 37.3 Å². The largest absolute Gasteiger partial charge is 0.496 e. The lowest BCUT2D eigenvalue weighted by atomic mass is 9.97. The summed E-state index contributed by atoms with van der Waals surface area (Å²) in [4.78, 5) is 25.9. The van der Waals surface area contributed by atoms with E-state index in [1.165, 1.54) is 0 Å². The van der Waals surface area contributed by atoms with E-state index < -0.39 is 5.97 Å². The third-order valence-electron chi connectivity index (χ3n) is 5.18. The molecular weight excluding hydrogens is 356 g/mol. The molecule has 0 spiro atoms. The molecule has 1 saturated heterocycles. The average molecular weight is 382 g/mol. The summed E-state index contributed by atoms with van der Waals surface area (Å²) in [5.41, 5.74) is 3.34. The number of ether oxygens (including phenoxy) is 1. The Kier molecular flexibility index (Phi) is 6.31. The minimum Gasteiger partial charge on any atom is -0.496 e. The van der Waals surface area contributed by atoms with Crippen molar-refractivity contribution in [1.29, 1.82) is 0 Å². The van der Waals surface area contributed by atoms with Gasteiger partial charge in [-0.25, -0.2) is 0 Å². The zero-order valence-corrected chi connectivity index (χ0v) is 16.3. The molecule has 3 rings (SSSR count). The van der Waals surface area contributed by atoms with Gasteiger partial charge in [0.25, 0.3) is 5.91 Å². The van der Waals surface area contributed by atoms with E-state index in [0.717, 1.165) is 42.2 Å². The molecule has 1 fully saturated rings. The van der Waals surface area contributed by atoms with Crippen molar-refractivity contribution in [3.8, 4) is 5.75 Å². The molecule has 148 valence electrons. The number of carboxylic acid groups (broad SMARTS) is 1. The van der Waals surface area contributed by atoms with E-state index >= 15 is 0 Å². The smallest absolute Gasteiger partial charge is 0.306 e. The first-order valence-corrected chi connectivity index (χ1v) is 9.46. The van der Waals surface area contributed by atoms with Gasteiger partial charge in [0.1, 0.15) is 5.75 Å². The van der Waals surface area contributed by atoms with Crippen LogP contribution >= 0.6 is 0 Å². The maximum absolute atomic E-state index is 12.5. The van der Waals surface area contributed by atoms with Gasteiger partial charge in [0.05, 0.1) is 13.0 Å². The molecule has 0 aliphatic carbocycles. The summed E-state index contributed by atoms with van der Waals surface area (Å²) < 4.78 is 5.24. The molecule has 0 atom stereocenters. The highest BCUT2D eigenvalue weighted by Gasteiger charge is 2.24. The number of anilines is 1. The fourth-order valence-corrected chi connectivity index (χ4v) is 3.57.